The molecule has 1 amide bonds. The number of benzene rings is 2. The Hall–Kier alpha value is -2.90. The Balaban J connectivity index is 1.03. The minimum absolute atomic E-state index is 0.0197. The van der Waals surface area contributed by atoms with Crippen LogP contribution in [0.2, 0.25) is 0 Å². The summed E-state index contributed by atoms with van der Waals surface area (Å²) in [5, 5.41) is 4.23. The van der Waals surface area contributed by atoms with Crippen LogP contribution in [0, 0.1) is 6.92 Å². The number of aromatic nitrogens is 1. The number of hydrogen-bond acceptors (Lipinski definition) is 8. The second-order valence-electron chi connectivity index (χ2n) is 10.2. The van der Waals surface area contributed by atoms with Crippen LogP contribution >= 0.6 is 11.3 Å². The van der Waals surface area contributed by atoms with E-state index in [0.29, 0.717) is 18.8 Å². The normalized spacial score (nSPS) is 20.6. The first-order chi connectivity index (χ1) is 19.0. The van der Waals surface area contributed by atoms with E-state index < -0.39 is 20.2 Å². The van der Waals surface area contributed by atoms with Crippen molar-refractivity contribution >= 4 is 48.1 Å². The summed E-state index contributed by atoms with van der Waals surface area (Å²) in [6, 6.07) is 11.0. The molecular weight excluding hydrogens is 565 g/mol. The number of fused-ring (bicyclic) bond motifs is 1. The molecule has 13 heteroatoms. The molecule has 2 fully saturated rings. The molecule has 0 atom stereocenters. The lowest BCUT2D eigenvalue weighted by Crippen LogP contribution is -2.50. The largest absolute Gasteiger partial charge is 0.501 e. The molecule has 0 radical (unpaired) electrons. The summed E-state index contributed by atoms with van der Waals surface area (Å²) in [5.41, 5.74) is -2.58. The van der Waals surface area contributed by atoms with E-state index in [4.69, 9.17) is 9.72 Å². The molecule has 2 aromatic carbocycles. The highest BCUT2D eigenvalue weighted by atomic mass is 32.2. The Morgan fingerprint density at radius 3 is 2.38 bits per heavy atom. The van der Waals surface area contributed by atoms with Gasteiger partial charge in [-0.25, -0.2) is 13.4 Å². The van der Waals surface area contributed by atoms with E-state index in [-0.39, 0.29) is 24.7 Å². The van der Waals surface area contributed by atoms with E-state index in [2.05, 4.69) is 35.3 Å². The van der Waals surface area contributed by atoms with Crippen molar-refractivity contribution in [3.8, 4) is 0 Å². The fourth-order valence-corrected chi connectivity index (χ4v) is 6.82. The monoisotopic (exact) mass is 596 g/mol. The van der Waals surface area contributed by atoms with Crippen molar-refractivity contribution in [2.75, 3.05) is 43.0 Å². The SMILES string of the molecule is Cc1ccc2sc(N3CCN(C(=O)CO[C@H]4CC[C@H](Nc5ccc(S(=O)(=O)C(F)(F)F)cc5)CC4)CC3)nc2c1. The van der Waals surface area contributed by atoms with E-state index in [1.165, 1.54) is 17.7 Å². The molecule has 2 aliphatic rings. The number of carbonyl (C=O) groups is 1. The lowest BCUT2D eigenvalue weighted by Gasteiger charge is -2.35. The van der Waals surface area contributed by atoms with E-state index in [9.17, 15) is 26.4 Å². The van der Waals surface area contributed by atoms with Crippen molar-refractivity contribution in [2.24, 2.45) is 0 Å². The number of ether oxygens (including phenoxy) is 1. The van der Waals surface area contributed by atoms with Gasteiger partial charge in [-0.3, -0.25) is 4.79 Å². The predicted molar refractivity (Wildman–Crippen MR) is 148 cm³/mol. The van der Waals surface area contributed by atoms with Gasteiger partial charge in [0.1, 0.15) is 6.61 Å². The van der Waals surface area contributed by atoms with Crippen LogP contribution in [0.3, 0.4) is 0 Å². The number of alkyl halides is 3. The Kier molecular flexibility index (Phi) is 8.25. The minimum atomic E-state index is -5.36. The van der Waals surface area contributed by atoms with Crippen LogP contribution in [0.15, 0.2) is 47.4 Å². The summed E-state index contributed by atoms with van der Waals surface area (Å²) in [5.74, 6) is -0.0197. The molecule has 8 nitrogen and oxygen atoms in total. The maximum atomic E-state index is 12.8. The molecule has 40 heavy (non-hydrogen) atoms. The predicted octanol–water partition coefficient (Wildman–Crippen LogP) is 4.99. The average Bonchev–Trinajstić information content (AvgIpc) is 3.35. The summed E-state index contributed by atoms with van der Waals surface area (Å²) in [6.45, 7) is 4.79. The smallest absolute Gasteiger partial charge is 0.382 e. The molecule has 1 aliphatic heterocycles. The standard InChI is InChI=1S/C27H31F3N4O4S2/c1-18-2-11-24-23(16-18)32-26(39-24)34-14-12-33(13-15-34)25(35)17-38-21-7-3-19(4-8-21)31-20-5-9-22(10-6-20)40(36,37)27(28,29)30/h2,5-6,9-11,16,19,21,31H,3-4,7-8,12-15,17H2,1H3/t19-,21-. The zero-order valence-electron chi connectivity index (χ0n) is 22.0. The molecular formula is C27H31F3N4O4S2. The van der Waals surface area contributed by atoms with Crippen LogP contribution in [0.25, 0.3) is 10.2 Å². The number of rotatable bonds is 7. The summed E-state index contributed by atoms with van der Waals surface area (Å²) in [7, 11) is -5.36. The van der Waals surface area contributed by atoms with Crippen molar-refractivity contribution in [2.45, 2.75) is 55.2 Å². The number of aryl methyl sites for hydroxylation is 1. The Morgan fingerprint density at radius 1 is 1.05 bits per heavy atom. The number of hydrogen-bond donors (Lipinski definition) is 1. The third-order valence-electron chi connectivity index (χ3n) is 7.39. The van der Waals surface area contributed by atoms with Gasteiger partial charge in [0.15, 0.2) is 5.13 Å². The highest BCUT2D eigenvalue weighted by molar-refractivity contribution is 7.92. The second-order valence-corrected chi connectivity index (χ2v) is 13.2. The fourth-order valence-electron chi connectivity index (χ4n) is 5.06. The van der Waals surface area contributed by atoms with E-state index in [1.54, 1.807) is 11.3 Å². The van der Waals surface area contributed by atoms with Crippen molar-refractivity contribution in [3.63, 3.8) is 0 Å². The average molecular weight is 597 g/mol. The molecule has 5 rings (SSSR count). The Bertz CT molecular complexity index is 1440. The molecule has 0 spiro atoms. The highest BCUT2D eigenvalue weighted by Crippen LogP contribution is 2.32. The maximum absolute atomic E-state index is 12.8. The van der Waals surface area contributed by atoms with Gasteiger partial charge in [-0.2, -0.15) is 13.2 Å². The van der Waals surface area contributed by atoms with Crippen LogP contribution in [0.5, 0.6) is 0 Å². The zero-order valence-corrected chi connectivity index (χ0v) is 23.6. The lowest BCUT2D eigenvalue weighted by atomic mass is 9.93. The molecule has 216 valence electrons. The summed E-state index contributed by atoms with van der Waals surface area (Å²) < 4.78 is 68.3. The molecule has 1 N–H and O–H groups in total. The van der Waals surface area contributed by atoms with Gasteiger partial charge in [-0.1, -0.05) is 17.4 Å². The molecule has 1 aromatic heterocycles. The van der Waals surface area contributed by atoms with Crippen LogP contribution in [0.1, 0.15) is 31.2 Å². The van der Waals surface area contributed by atoms with Crippen molar-refractivity contribution in [1.29, 1.82) is 0 Å². The highest BCUT2D eigenvalue weighted by Gasteiger charge is 2.46. The van der Waals surface area contributed by atoms with E-state index in [0.717, 1.165) is 66.3 Å². The van der Waals surface area contributed by atoms with Gasteiger partial charge in [0.05, 0.1) is 21.2 Å². The first-order valence-corrected chi connectivity index (χ1v) is 15.5. The summed E-state index contributed by atoms with van der Waals surface area (Å²) >= 11 is 1.67. The number of amides is 1. The molecule has 0 unspecified atom stereocenters. The quantitative estimate of drug-likeness (QED) is 0.411. The minimum Gasteiger partial charge on any atom is -0.382 e. The van der Waals surface area contributed by atoms with Gasteiger partial charge < -0.3 is 19.9 Å². The molecule has 0 bridgehead atoms. The van der Waals surface area contributed by atoms with E-state index in [1.807, 2.05) is 4.90 Å². The van der Waals surface area contributed by atoms with Gasteiger partial charge in [-0.15, -0.1) is 0 Å². The summed E-state index contributed by atoms with van der Waals surface area (Å²) in [6.07, 6.45) is 2.99. The van der Waals surface area contributed by atoms with Gasteiger partial charge in [0.2, 0.25) is 5.91 Å². The number of nitrogens with one attached hydrogen (secondary N) is 1. The van der Waals surface area contributed by atoms with Crippen LogP contribution < -0.4 is 10.2 Å². The van der Waals surface area contributed by atoms with Crippen LogP contribution in [-0.4, -0.2) is 74.6 Å². The number of anilines is 2. The number of piperazine rings is 1. The summed E-state index contributed by atoms with van der Waals surface area (Å²) in [4.78, 5) is 20.8. The Labute approximate surface area is 235 Å². The third-order valence-corrected chi connectivity index (χ3v) is 9.99. The molecule has 2 heterocycles. The van der Waals surface area contributed by atoms with Crippen molar-refractivity contribution < 1.29 is 31.1 Å². The van der Waals surface area contributed by atoms with Crippen molar-refractivity contribution in [3.05, 3.63) is 48.0 Å². The van der Waals surface area contributed by atoms with Gasteiger partial charge >= 0.3 is 5.51 Å². The Morgan fingerprint density at radius 2 is 1.73 bits per heavy atom. The molecule has 1 saturated carbocycles. The third kappa shape index (κ3) is 6.36. The van der Waals surface area contributed by atoms with Gasteiger partial charge in [0, 0.05) is 37.9 Å². The topological polar surface area (TPSA) is 91.8 Å². The van der Waals surface area contributed by atoms with E-state index >= 15 is 0 Å². The number of thiazole rings is 1. The molecule has 1 aliphatic carbocycles. The van der Waals surface area contributed by atoms with Crippen LogP contribution in [-0.2, 0) is 19.4 Å². The first-order valence-electron chi connectivity index (χ1n) is 13.2. The van der Waals surface area contributed by atoms with Crippen LogP contribution in [0.4, 0.5) is 24.0 Å². The van der Waals surface area contributed by atoms with Gasteiger partial charge in [0.25, 0.3) is 9.84 Å². The number of sulfone groups is 1. The van der Waals surface area contributed by atoms with Gasteiger partial charge in [-0.05, 0) is 74.6 Å². The number of halogens is 3. The number of carbonyl (C=O) groups excluding carboxylic acids is 1. The van der Waals surface area contributed by atoms with Crippen molar-refractivity contribution in [1.82, 2.24) is 9.88 Å². The second kappa shape index (κ2) is 11.5. The molecule has 1 saturated heterocycles. The number of nitrogens with zero attached hydrogens (tertiary/aromatic N) is 3. The zero-order chi connectivity index (χ0) is 28.5. The fraction of sp³-hybridized carbons (Fsp3) is 0.481. The lowest BCUT2D eigenvalue weighted by molar-refractivity contribution is -0.139. The maximum Gasteiger partial charge on any atom is 0.501 e. The molecule has 3 aromatic rings. The first kappa shape index (κ1) is 28.6.